The lowest BCUT2D eigenvalue weighted by atomic mass is 9.78. The third kappa shape index (κ3) is 1.66. The highest BCUT2D eigenvalue weighted by molar-refractivity contribution is 6.02. The fourth-order valence-corrected chi connectivity index (χ4v) is 3.32. The van der Waals surface area contributed by atoms with E-state index in [-0.39, 0.29) is 11.8 Å². The van der Waals surface area contributed by atoms with Gasteiger partial charge in [-0.2, -0.15) is 0 Å². The van der Waals surface area contributed by atoms with Crippen molar-refractivity contribution in [1.82, 2.24) is 0 Å². The highest BCUT2D eigenvalue weighted by atomic mass is 16.4. The Morgan fingerprint density at radius 1 is 1.37 bits per heavy atom. The van der Waals surface area contributed by atoms with Crippen molar-refractivity contribution < 1.29 is 14.7 Å². The van der Waals surface area contributed by atoms with Gasteiger partial charge in [-0.1, -0.05) is 25.0 Å². The molecule has 1 aromatic rings. The van der Waals surface area contributed by atoms with Crippen molar-refractivity contribution in [3.63, 3.8) is 0 Å². The van der Waals surface area contributed by atoms with Gasteiger partial charge in [-0.3, -0.25) is 9.59 Å². The van der Waals surface area contributed by atoms with E-state index in [0.717, 1.165) is 29.7 Å². The van der Waals surface area contributed by atoms with Crippen LogP contribution in [-0.2, 0) is 15.0 Å². The van der Waals surface area contributed by atoms with Crippen molar-refractivity contribution in [2.45, 2.75) is 43.9 Å². The number of amides is 1. The van der Waals surface area contributed by atoms with Crippen LogP contribution >= 0.6 is 0 Å². The van der Waals surface area contributed by atoms with Gasteiger partial charge < -0.3 is 10.4 Å². The quantitative estimate of drug-likeness (QED) is 0.858. The predicted octanol–water partition coefficient (Wildman–Crippen LogP) is 2.64. The maximum atomic E-state index is 11.7. The SMILES string of the molecule is CC1C(=O)Nc2ccc(C3(C(=O)O)CCCC3)cc21. The number of aliphatic carboxylic acids is 1. The molecule has 0 spiro atoms. The normalized spacial score (nSPS) is 24.1. The molecule has 1 saturated carbocycles. The molecular weight excluding hydrogens is 242 g/mol. The second kappa shape index (κ2) is 4.08. The minimum absolute atomic E-state index is 0.0112. The zero-order valence-electron chi connectivity index (χ0n) is 10.9. The van der Waals surface area contributed by atoms with Crippen molar-refractivity contribution in [2.75, 3.05) is 5.32 Å². The van der Waals surface area contributed by atoms with Gasteiger partial charge in [-0.25, -0.2) is 0 Å². The highest BCUT2D eigenvalue weighted by Gasteiger charge is 2.43. The van der Waals surface area contributed by atoms with Gasteiger partial charge in [0.05, 0.1) is 11.3 Å². The molecule has 1 atom stereocenters. The molecule has 1 heterocycles. The van der Waals surface area contributed by atoms with Crippen LogP contribution in [0.1, 0.15) is 49.7 Å². The van der Waals surface area contributed by atoms with Gasteiger partial charge in [0.15, 0.2) is 0 Å². The van der Waals surface area contributed by atoms with Gasteiger partial charge in [-0.15, -0.1) is 0 Å². The van der Waals surface area contributed by atoms with Gasteiger partial charge in [-0.05, 0) is 37.0 Å². The Hall–Kier alpha value is -1.84. The van der Waals surface area contributed by atoms with Crippen molar-refractivity contribution in [3.8, 4) is 0 Å². The fraction of sp³-hybridized carbons (Fsp3) is 0.467. The Morgan fingerprint density at radius 2 is 2.05 bits per heavy atom. The van der Waals surface area contributed by atoms with Gasteiger partial charge in [0.25, 0.3) is 0 Å². The minimum Gasteiger partial charge on any atom is -0.481 e. The lowest BCUT2D eigenvalue weighted by Crippen LogP contribution is -2.32. The molecule has 1 fully saturated rings. The van der Waals surface area contributed by atoms with Crippen LogP contribution in [-0.4, -0.2) is 17.0 Å². The number of benzene rings is 1. The van der Waals surface area contributed by atoms with Crippen LogP contribution in [0.2, 0.25) is 0 Å². The number of fused-ring (bicyclic) bond motifs is 1. The number of anilines is 1. The predicted molar refractivity (Wildman–Crippen MR) is 71.3 cm³/mol. The Bertz CT molecular complexity index is 559. The van der Waals surface area contributed by atoms with Crippen LogP contribution in [0.4, 0.5) is 5.69 Å². The molecule has 0 bridgehead atoms. The molecule has 2 N–H and O–H groups in total. The van der Waals surface area contributed by atoms with Gasteiger partial charge in [0.1, 0.15) is 0 Å². The monoisotopic (exact) mass is 259 g/mol. The summed E-state index contributed by atoms with van der Waals surface area (Å²) in [6, 6.07) is 5.61. The molecule has 0 saturated heterocycles. The number of rotatable bonds is 2. The molecule has 3 rings (SSSR count). The molecule has 4 nitrogen and oxygen atoms in total. The van der Waals surface area contributed by atoms with Gasteiger partial charge in [0.2, 0.25) is 5.91 Å². The lowest BCUT2D eigenvalue weighted by molar-refractivity contribution is -0.143. The average Bonchev–Trinajstić information content (AvgIpc) is 2.97. The van der Waals surface area contributed by atoms with E-state index >= 15 is 0 Å². The molecule has 19 heavy (non-hydrogen) atoms. The van der Waals surface area contributed by atoms with Crippen LogP contribution < -0.4 is 5.32 Å². The van der Waals surface area contributed by atoms with Crippen molar-refractivity contribution >= 4 is 17.6 Å². The average molecular weight is 259 g/mol. The Labute approximate surface area is 111 Å². The molecule has 1 aromatic carbocycles. The summed E-state index contributed by atoms with van der Waals surface area (Å²) in [6.07, 6.45) is 3.29. The zero-order valence-corrected chi connectivity index (χ0v) is 10.9. The molecular formula is C15H17NO3. The standard InChI is InChI=1S/C15H17NO3/c1-9-11-8-10(4-5-12(11)16-13(9)17)15(14(18)19)6-2-3-7-15/h4-5,8-9H,2-3,6-7H2,1H3,(H,16,17)(H,18,19). The summed E-state index contributed by atoms with van der Waals surface area (Å²) >= 11 is 0. The van der Waals surface area contributed by atoms with E-state index in [4.69, 9.17) is 0 Å². The Morgan fingerprint density at radius 3 is 2.68 bits per heavy atom. The van der Waals surface area contributed by atoms with E-state index in [1.165, 1.54) is 0 Å². The van der Waals surface area contributed by atoms with E-state index < -0.39 is 11.4 Å². The van der Waals surface area contributed by atoms with Gasteiger partial charge in [0, 0.05) is 5.69 Å². The summed E-state index contributed by atoms with van der Waals surface area (Å²) in [5, 5.41) is 12.4. The summed E-state index contributed by atoms with van der Waals surface area (Å²) in [7, 11) is 0. The first-order valence-corrected chi connectivity index (χ1v) is 6.73. The number of nitrogens with one attached hydrogen (secondary N) is 1. The van der Waals surface area contributed by atoms with Gasteiger partial charge >= 0.3 is 5.97 Å². The molecule has 100 valence electrons. The highest BCUT2D eigenvalue weighted by Crippen LogP contribution is 2.44. The smallest absolute Gasteiger partial charge is 0.314 e. The van der Waals surface area contributed by atoms with Crippen molar-refractivity contribution in [3.05, 3.63) is 29.3 Å². The summed E-state index contributed by atoms with van der Waals surface area (Å²) in [5.41, 5.74) is 1.84. The Kier molecular flexibility index (Phi) is 2.62. The maximum absolute atomic E-state index is 11.7. The third-order valence-corrected chi connectivity index (χ3v) is 4.59. The van der Waals surface area contributed by atoms with Crippen LogP contribution in [0.5, 0.6) is 0 Å². The number of carboxylic acid groups (broad SMARTS) is 1. The van der Waals surface area contributed by atoms with Crippen molar-refractivity contribution in [1.29, 1.82) is 0 Å². The second-order valence-electron chi connectivity index (χ2n) is 5.61. The number of hydrogen-bond acceptors (Lipinski definition) is 2. The fourth-order valence-electron chi connectivity index (χ4n) is 3.32. The first kappa shape index (κ1) is 12.2. The maximum Gasteiger partial charge on any atom is 0.314 e. The lowest BCUT2D eigenvalue weighted by Gasteiger charge is -2.25. The number of carboxylic acids is 1. The second-order valence-corrected chi connectivity index (χ2v) is 5.61. The molecule has 1 unspecified atom stereocenters. The molecule has 0 aromatic heterocycles. The zero-order chi connectivity index (χ0) is 13.6. The summed E-state index contributed by atoms with van der Waals surface area (Å²) in [4.78, 5) is 23.3. The Balaban J connectivity index is 2.08. The largest absolute Gasteiger partial charge is 0.481 e. The van der Waals surface area contributed by atoms with E-state index in [0.29, 0.717) is 12.8 Å². The molecule has 1 aliphatic heterocycles. The van der Waals surface area contributed by atoms with E-state index in [1.54, 1.807) is 0 Å². The molecule has 2 aliphatic rings. The minimum atomic E-state index is -0.750. The third-order valence-electron chi connectivity index (χ3n) is 4.59. The van der Waals surface area contributed by atoms with Crippen LogP contribution in [0.25, 0.3) is 0 Å². The van der Waals surface area contributed by atoms with Crippen LogP contribution in [0.15, 0.2) is 18.2 Å². The van der Waals surface area contributed by atoms with E-state index in [9.17, 15) is 14.7 Å². The molecule has 0 radical (unpaired) electrons. The van der Waals surface area contributed by atoms with Crippen LogP contribution in [0, 0.1) is 0 Å². The van der Waals surface area contributed by atoms with E-state index in [2.05, 4.69) is 5.32 Å². The van der Waals surface area contributed by atoms with E-state index in [1.807, 2.05) is 25.1 Å². The number of carbonyl (C=O) groups excluding carboxylic acids is 1. The molecule has 1 amide bonds. The van der Waals surface area contributed by atoms with Crippen LogP contribution in [0.3, 0.4) is 0 Å². The molecule has 4 heteroatoms. The summed E-state index contributed by atoms with van der Waals surface area (Å²) in [5.74, 6) is -0.944. The van der Waals surface area contributed by atoms with Crippen molar-refractivity contribution in [2.24, 2.45) is 0 Å². The first-order valence-electron chi connectivity index (χ1n) is 6.73. The number of hydrogen-bond donors (Lipinski definition) is 2. The molecule has 1 aliphatic carbocycles. The summed E-state index contributed by atoms with van der Waals surface area (Å²) < 4.78 is 0. The number of carbonyl (C=O) groups is 2. The topological polar surface area (TPSA) is 66.4 Å². The summed E-state index contributed by atoms with van der Waals surface area (Å²) in [6.45, 7) is 1.85. The first-order chi connectivity index (χ1) is 9.04.